The summed E-state index contributed by atoms with van der Waals surface area (Å²) in [6, 6.07) is 12.9. The first-order valence-electron chi connectivity index (χ1n) is 11.1. The number of nitrogens with one attached hydrogen (secondary N) is 2. The van der Waals surface area contributed by atoms with Crippen LogP contribution in [0.25, 0.3) is 0 Å². The molecule has 3 rings (SSSR count). The van der Waals surface area contributed by atoms with Gasteiger partial charge >= 0.3 is 0 Å². The van der Waals surface area contributed by atoms with E-state index in [2.05, 4.69) is 10.6 Å². The van der Waals surface area contributed by atoms with E-state index < -0.39 is 16.1 Å². The molecular formula is C24H31N3O6S. The van der Waals surface area contributed by atoms with Gasteiger partial charge in [0.2, 0.25) is 21.8 Å². The van der Waals surface area contributed by atoms with Crippen molar-refractivity contribution in [3.8, 4) is 11.5 Å². The van der Waals surface area contributed by atoms with Gasteiger partial charge in [0.25, 0.3) is 0 Å². The number of methoxy groups -OCH3 is 2. The summed E-state index contributed by atoms with van der Waals surface area (Å²) in [5.74, 6) is 0.390. The zero-order chi connectivity index (χ0) is 24.7. The number of ether oxygens (including phenoxy) is 2. The quantitative estimate of drug-likeness (QED) is 0.556. The highest BCUT2D eigenvalue weighted by Crippen LogP contribution is 2.25. The van der Waals surface area contributed by atoms with Crippen LogP contribution in [0.4, 0.5) is 0 Å². The molecule has 0 spiro atoms. The van der Waals surface area contributed by atoms with Gasteiger partial charge < -0.3 is 20.1 Å². The van der Waals surface area contributed by atoms with Crippen molar-refractivity contribution in [1.82, 2.24) is 14.9 Å². The van der Waals surface area contributed by atoms with Crippen LogP contribution >= 0.6 is 0 Å². The first-order chi connectivity index (χ1) is 16.2. The molecule has 0 bridgehead atoms. The Morgan fingerprint density at radius 1 is 1.03 bits per heavy atom. The topological polar surface area (TPSA) is 114 Å². The summed E-state index contributed by atoms with van der Waals surface area (Å²) in [5, 5.41) is 5.55. The normalized spacial score (nSPS) is 15.9. The molecule has 1 aliphatic rings. The van der Waals surface area contributed by atoms with E-state index in [1.54, 1.807) is 26.2 Å². The number of nitrogens with zero attached hydrogens (tertiary/aromatic N) is 1. The molecule has 2 amide bonds. The summed E-state index contributed by atoms with van der Waals surface area (Å²) in [6.07, 6.45) is 0.777. The Bertz CT molecular complexity index is 1100. The van der Waals surface area contributed by atoms with E-state index >= 15 is 0 Å². The minimum absolute atomic E-state index is 0.192. The van der Waals surface area contributed by atoms with Crippen LogP contribution in [-0.2, 0) is 26.2 Å². The van der Waals surface area contributed by atoms with Gasteiger partial charge in [0.05, 0.1) is 19.1 Å². The average Bonchev–Trinajstić information content (AvgIpc) is 2.87. The first kappa shape index (κ1) is 25.5. The molecule has 1 saturated heterocycles. The number of sulfonamides is 1. The van der Waals surface area contributed by atoms with Crippen LogP contribution in [0.1, 0.15) is 25.3 Å². The number of amides is 2. The minimum Gasteiger partial charge on any atom is -0.497 e. The number of carbonyl (C=O) groups excluding carboxylic acids is 2. The van der Waals surface area contributed by atoms with Gasteiger partial charge in [-0.1, -0.05) is 12.1 Å². The third kappa shape index (κ3) is 6.27. The largest absolute Gasteiger partial charge is 0.497 e. The number of piperidine rings is 1. The van der Waals surface area contributed by atoms with E-state index in [4.69, 9.17) is 9.47 Å². The van der Waals surface area contributed by atoms with Crippen molar-refractivity contribution in [3.05, 3.63) is 54.1 Å². The Morgan fingerprint density at radius 3 is 2.29 bits per heavy atom. The molecule has 0 radical (unpaired) electrons. The average molecular weight is 490 g/mol. The van der Waals surface area contributed by atoms with Crippen LogP contribution in [0, 0.1) is 5.92 Å². The lowest BCUT2D eigenvalue weighted by atomic mass is 9.97. The highest BCUT2D eigenvalue weighted by atomic mass is 32.2. The van der Waals surface area contributed by atoms with Crippen LogP contribution in [0.2, 0.25) is 0 Å². The maximum absolute atomic E-state index is 12.9. The Morgan fingerprint density at radius 2 is 1.68 bits per heavy atom. The first-order valence-corrected chi connectivity index (χ1v) is 12.5. The summed E-state index contributed by atoms with van der Waals surface area (Å²) >= 11 is 0. The summed E-state index contributed by atoms with van der Waals surface area (Å²) in [7, 11) is -0.542. The molecule has 1 fully saturated rings. The zero-order valence-corrected chi connectivity index (χ0v) is 20.4. The maximum Gasteiger partial charge on any atom is 0.243 e. The number of hydrogen-bond acceptors (Lipinski definition) is 6. The van der Waals surface area contributed by atoms with Gasteiger partial charge in [-0.05, 0) is 61.7 Å². The fraction of sp³-hybridized carbons (Fsp3) is 0.417. The summed E-state index contributed by atoms with van der Waals surface area (Å²) in [4.78, 5) is 25.3. The van der Waals surface area contributed by atoms with E-state index in [1.165, 1.54) is 23.5 Å². The summed E-state index contributed by atoms with van der Waals surface area (Å²) < 4.78 is 37.4. The van der Waals surface area contributed by atoms with Crippen LogP contribution < -0.4 is 20.1 Å². The number of hydrogen-bond donors (Lipinski definition) is 2. The minimum atomic E-state index is -3.64. The zero-order valence-electron chi connectivity index (χ0n) is 19.6. The lowest BCUT2D eigenvalue weighted by Gasteiger charge is -2.31. The molecular weight excluding hydrogens is 458 g/mol. The second-order valence-corrected chi connectivity index (χ2v) is 10.1. The number of carbonyl (C=O) groups is 2. The molecule has 2 aromatic rings. The van der Waals surface area contributed by atoms with E-state index in [1.807, 2.05) is 24.3 Å². The van der Waals surface area contributed by atoms with Crippen molar-refractivity contribution in [1.29, 1.82) is 0 Å². The molecule has 2 N–H and O–H groups in total. The number of rotatable bonds is 9. The van der Waals surface area contributed by atoms with Gasteiger partial charge in [-0.2, -0.15) is 4.31 Å². The molecule has 0 aliphatic carbocycles. The Hall–Kier alpha value is -3.11. The molecule has 10 heteroatoms. The van der Waals surface area contributed by atoms with Crippen LogP contribution in [-0.4, -0.2) is 57.9 Å². The van der Waals surface area contributed by atoms with Crippen molar-refractivity contribution in [2.75, 3.05) is 27.3 Å². The monoisotopic (exact) mass is 489 g/mol. The second-order valence-electron chi connectivity index (χ2n) is 8.15. The van der Waals surface area contributed by atoms with Crippen molar-refractivity contribution in [2.45, 2.75) is 37.2 Å². The van der Waals surface area contributed by atoms with Crippen molar-refractivity contribution < 1.29 is 27.5 Å². The van der Waals surface area contributed by atoms with Crippen molar-refractivity contribution in [2.24, 2.45) is 5.92 Å². The van der Waals surface area contributed by atoms with E-state index in [-0.39, 0.29) is 35.7 Å². The molecule has 1 aliphatic heterocycles. The van der Waals surface area contributed by atoms with Gasteiger partial charge in [-0.15, -0.1) is 0 Å². The molecule has 1 atom stereocenters. The van der Waals surface area contributed by atoms with Crippen molar-refractivity contribution >= 4 is 21.8 Å². The Labute approximate surface area is 200 Å². The third-order valence-corrected chi connectivity index (χ3v) is 7.79. The van der Waals surface area contributed by atoms with Crippen LogP contribution in [0.15, 0.2) is 53.4 Å². The lowest BCUT2D eigenvalue weighted by Crippen LogP contribution is -2.49. The predicted molar refractivity (Wildman–Crippen MR) is 127 cm³/mol. The summed E-state index contributed by atoms with van der Waals surface area (Å²) in [6.45, 7) is 2.42. The van der Waals surface area contributed by atoms with Gasteiger partial charge in [0, 0.05) is 25.6 Å². The van der Waals surface area contributed by atoms with Gasteiger partial charge in [-0.3, -0.25) is 9.59 Å². The van der Waals surface area contributed by atoms with E-state index in [9.17, 15) is 18.0 Å². The SMILES string of the molecule is COc1ccc(S(=O)(=O)N2CCC(C(=O)N[C@@H](C)C(=O)NCc3cccc(OC)c3)CC2)cc1. The lowest BCUT2D eigenvalue weighted by molar-refractivity contribution is -0.131. The molecule has 34 heavy (non-hydrogen) atoms. The predicted octanol–water partition coefficient (Wildman–Crippen LogP) is 1.93. The van der Waals surface area contributed by atoms with E-state index in [0.717, 1.165) is 5.56 Å². The maximum atomic E-state index is 12.9. The van der Waals surface area contributed by atoms with Gasteiger partial charge in [0.1, 0.15) is 17.5 Å². The van der Waals surface area contributed by atoms with Crippen molar-refractivity contribution in [3.63, 3.8) is 0 Å². The molecule has 1 heterocycles. The Kier molecular flexibility index (Phi) is 8.51. The second kappa shape index (κ2) is 11.3. The highest BCUT2D eigenvalue weighted by Gasteiger charge is 2.33. The highest BCUT2D eigenvalue weighted by molar-refractivity contribution is 7.89. The standard InChI is InChI=1S/C24H31N3O6S/c1-17(23(28)25-16-18-5-4-6-21(15-18)33-3)26-24(29)19-11-13-27(14-12-19)34(30,31)22-9-7-20(32-2)8-10-22/h4-10,15,17,19H,11-14,16H2,1-3H3,(H,25,28)(H,26,29)/t17-/m0/s1. The fourth-order valence-corrected chi connectivity index (χ4v) is 5.25. The summed E-state index contributed by atoms with van der Waals surface area (Å²) in [5.41, 5.74) is 0.886. The van der Waals surface area contributed by atoms with E-state index in [0.29, 0.717) is 30.9 Å². The van der Waals surface area contributed by atoms with Crippen LogP contribution in [0.5, 0.6) is 11.5 Å². The fourth-order valence-electron chi connectivity index (χ4n) is 3.78. The van der Waals surface area contributed by atoms with Gasteiger partial charge in [0.15, 0.2) is 0 Å². The Balaban J connectivity index is 1.48. The van der Waals surface area contributed by atoms with Gasteiger partial charge in [-0.25, -0.2) is 8.42 Å². The number of benzene rings is 2. The molecule has 184 valence electrons. The molecule has 0 unspecified atom stereocenters. The molecule has 9 nitrogen and oxygen atoms in total. The smallest absolute Gasteiger partial charge is 0.243 e. The molecule has 0 aromatic heterocycles. The van der Waals surface area contributed by atoms with Crippen LogP contribution in [0.3, 0.4) is 0 Å². The third-order valence-electron chi connectivity index (χ3n) is 5.87. The molecule has 2 aromatic carbocycles. The molecule has 0 saturated carbocycles.